The first-order valence-electron chi connectivity index (χ1n) is 8.04. The van der Waals surface area contributed by atoms with E-state index in [2.05, 4.69) is 5.32 Å². The molecule has 0 aromatic heterocycles. The summed E-state index contributed by atoms with van der Waals surface area (Å²) in [6.07, 6.45) is 2.08. The van der Waals surface area contributed by atoms with Crippen LogP contribution in [0, 0.1) is 10.1 Å². The van der Waals surface area contributed by atoms with Crippen molar-refractivity contribution in [3.8, 4) is 11.5 Å². The average molecular weight is 342 g/mol. The van der Waals surface area contributed by atoms with Gasteiger partial charge in [-0.25, -0.2) is 0 Å². The number of hydrogen-bond acceptors (Lipinski definition) is 5. The van der Waals surface area contributed by atoms with Crippen molar-refractivity contribution in [1.82, 2.24) is 5.32 Å². The van der Waals surface area contributed by atoms with Gasteiger partial charge >= 0.3 is 0 Å². The Morgan fingerprint density at radius 1 is 1.24 bits per heavy atom. The van der Waals surface area contributed by atoms with Crippen LogP contribution in [0.15, 0.2) is 48.5 Å². The predicted molar refractivity (Wildman–Crippen MR) is 90.9 cm³/mol. The Hall–Kier alpha value is -2.93. The van der Waals surface area contributed by atoms with Gasteiger partial charge in [-0.2, -0.15) is 0 Å². The van der Waals surface area contributed by atoms with Crippen molar-refractivity contribution in [1.29, 1.82) is 0 Å². The molecule has 0 saturated carbocycles. The number of hydrogen-bond donors (Lipinski definition) is 1. The largest absolute Gasteiger partial charge is 0.457 e. The molecule has 1 saturated heterocycles. The van der Waals surface area contributed by atoms with Crippen LogP contribution in [0.25, 0.3) is 0 Å². The number of nitro benzene ring substituents is 1. The van der Waals surface area contributed by atoms with Crippen molar-refractivity contribution in [3.05, 3.63) is 64.2 Å². The predicted octanol–water partition coefficient (Wildman–Crippen LogP) is 3.30. The summed E-state index contributed by atoms with van der Waals surface area (Å²) in [6, 6.07) is 12.5. The Labute approximate surface area is 144 Å². The molecule has 0 aliphatic carbocycles. The first-order valence-corrected chi connectivity index (χ1v) is 8.04. The number of amides is 1. The quantitative estimate of drug-likeness (QED) is 0.642. The number of ether oxygens (including phenoxy) is 2. The molecule has 1 amide bonds. The molecule has 7 heteroatoms. The van der Waals surface area contributed by atoms with E-state index in [-0.39, 0.29) is 17.7 Å². The molecule has 1 atom stereocenters. The summed E-state index contributed by atoms with van der Waals surface area (Å²) in [5, 5.41) is 13.5. The highest BCUT2D eigenvalue weighted by molar-refractivity contribution is 5.94. The van der Waals surface area contributed by atoms with E-state index in [1.807, 2.05) is 0 Å². The highest BCUT2D eigenvalue weighted by atomic mass is 16.6. The average Bonchev–Trinajstić information content (AvgIpc) is 3.14. The Morgan fingerprint density at radius 3 is 2.72 bits per heavy atom. The lowest BCUT2D eigenvalue weighted by Gasteiger charge is -2.11. The molecule has 0 radical (unpaired) electrons. The third kappa shape index (κ3) is 4.54. The van der Waals surface area contributed by atoms with Gasteiger partial charge in [0, 0.05) is 30.8 Å². The van der Waals surface area contributed by atoms with E-state index in [1.165, 1.54) is 24.3 Å². The molecular weight excluding hydrogens is 324 g/mol. The topological polar surface area (TPSA) is 90.7 Å². The van der Waals surface area contributed by atoms with Gasteiger partial charge in [0.15, 0.2) is 0 Å². The Bertz CT molecular complexity index is 754. The van der Waals surface area contributed by atoms with Crippen LogP contribution in [0.4, 0.5) is 5.69 Å². The zero-order chi connectivity index (χ0) is 17.6. The molecule has 1 aliphatic heterocycles. The summed E-state index contributed by atoms with van der Waals surface area (Å²) >= 11 is 0. The molecule has 1 aliphatic rings. The number of nitro groups is 1. The van der Waals surface area contributed by atoms with Crippen LogP contribution in [0.3, 0.4) is 0 Å². The van der Waals surface area contributed by atoms with Crippen LogP contribution in [0.1, 0.15) is 23.2 Å². The normalized spacial score (nSPS) is 16.4. The third-order valence-electron chi connectivity index (χ3n) is 3.89. The van der Waals surface area contributed by atoms with Crippen LogP contribution < -0.4 is 10.1 Å². The van der Waals surface area contributed by atoms with Crippen molar-refractivity contribution in [2.45, 2.75) is 18.9 Å². The summed E-state index contributed by atoms with van der Waals surface area (Å²) in [5.41, 5.74) is 0.479. The van der Waals surface area contributed by atoms with E-state index in [1.54, 1.807) is 24.3 Å². The standard InChI is InChI=1S/C18H18N2O5/c21-18(19-12-17-5-2-10-24-17)13-3-1-4-16(11-13)25-15-8-6-14(7-9-15)20(22)23/h1,3-4,6-9,11,17H,2,5,10,12H2,(H,19,21)/t17-/m1/s1. The first kappa shape index (κ1) is 16.9. The summed E-state index contributed by atoms with van der Waals surface area (Å²) in [6.45, 7) is 1.24. The number of benzene rings is 2. The van der Waals surface area contributed by atoms with E-state index in [9.17, 15) is 14.9 Å². The summed E-state index contributed by atoms with van der Waals surface area (Å²) < 4.78 is 11.1. The van der Waals surface area contributed by atoms with Crippen molar-refractivity contribution in [2.24, 2.45) is 0 Å². The molecule has 2 aromatic rings. The lowest BCUT2D eigenvalue weighted by Crippen LogP contribution is -2.31. The van der Waals surface area contributed by atoms with Gasteiger partial charge in [0.2, 0.25) is 0 Å². The highest BCUT2D eigenvalue weighted by Crippen LogP contribution is 2.24. The number of carbonyl (C=O) groups excluding carboxylic acids is 1. The molecule has 25 heavy (non-hydrogen) atoms. The van der Waals surface area contributed by atoms with Crippen LogP contribution in [0.2, 0.25) is 0 Å². The number of carbonyl (C=O) groups is 1. The van der Waals surface area contributed by atoms with E-state index >= 15 is 0 Å². The second-order valence-electron chi connectivity index (χ2n) is 5.73. The summed E-state index contributed by atoms with van der Waals surface area (Å²) in [7, 11) is 0. The molecule has 2 aromatic carbocycles. The van der Waals surface area contributed by atoms with Crippen LogP contribution >= 0.6 is 0 Å². The molecule has 7 nitrogen and oxygen atoms in total. The Morgan fingerprint density at radius 2 is 2.04 bits per heavy atom. The summed E-state index contributed by atoms with van der Waals surface area (Å²) in [4.78, 5) is 22.4. The zero-order valence-electron chi connectivity index (χ0n) is 13.5. The molecule has 1 heterocycles. The lowest BCUT2D eigenvalue weighted by atomic mass is 10.2. The maximum atomic E-state index is 12.2. The SMILES string of the molecule is O=C(NC[C@H]1CCCO1)c1cccc(Oc2ccc([N+](=O)[O-])cc2)c1. The fourth-order valence-corrected chi connectivity index (χ4v) is 2.59. The van der Waals surface area contributed by atoms with Crippen LogP contribution in [0.5, 0.6) is 11.5 Å². The molecule has 130 valence electrons. The van der Waals surface area contributed by atoms with Gasteiger partial charge < -0.3 is 14.8 Å². The molecular formula is C18H18N2O5. The number of non-ortho nitro benzene ring substituents is 1. The summed E-state index contributed by atoms with van der Waals surface area (Å²) in [5.74, 6) is 0.755. The highest BCUT2D eigenvalue weighted by Gasteiger charge is 2.17. The molecule has 0 bridgehead atoms. The maximum absolute atomic E-state index is 12.2. The monoisotopic (exact) mass is 342 g/mol. The number of rotatable bonds is 6. The first-order chi connectivity index (χ1) is 12.1. The fourth-order valence-electron chi connectivity index (χ4n) is 2.59. The second-order valence-corrected chi connectivity index (χ2v) is 5.73. The van der Waals surface area contributed by atoms with Crippen LogP contribution in [-0.2, 0) is 4.74 Å². The van der Waals surface area contributed by atoms with Crippen molar-refractivity contribution in [2.75, 3.05) is 13.2 Å². The minimum atomic E-state index is -0.469. The Kier molecular flexibility index (Phi) is 5.25. The molecule has 1 fully saturated rings. The zero-order valence-corrected chi connectivity index (χ0v) is 13.5. The minimum absolute atomic E-state index is 0.00499. The maximum Gasteiger partial charge on any atom is 0.269 e. The van der Waals surface area contributed by atoms with E-state index in [4.69, 9.17) is 9.47 Å². The smallest absolute Gasteiger partial charge is 0.269 e. The minimum Gasteiger partial charge on any atom is -0.457 e. The molecule has 3 rings (SSSR count). The molecule has 0 unspecified atom stereocenters. The van der Waals surface area contributed by atoms with Crippen molar-refractivity contribution < 1.29 is 19.2 Å². The van der Waals surface area contributed by atoms with Gasteiger partial charge in [-0.1, -0.05) is 6.07 Å². The fraction of sp³-hybridized carbons (Fsp3) is 0.278. The third-order valence-corrected chi connectivity index (χ3v) is 3.89. The van der Waals surface area contributed by atoms with Gasteiger partial charge in [-0.05, 0) is 43.2 Å². The van der Waals surface area contributed by atoms with Gasteiger partial charge in [0.25, 0.3) is 11.6 Å². The van der Waals surface area contributed by atoms with Crippen LogP contribution in [-0.4, -0.2) is 30.1 Å². The van der Waals surface area contributed by atoms with E-state index < -0.39 is 4.92 Å². The van der Waals surface area contributed by atoms with Crippen molar-refractivity contribution in [3.63, 3.8) is 0 Å². The lowest BCUT2D eigenvalue weighted by molar-refractivity contribution is -0.384. The number of nitrogens with one attached hydrogen (secondary N) is 1. The Balaban J connectivity index is 1.62. The van der Waals surface area contributed by atoms with Gasteiger partial charge in [-0.15, -0.1) is 0 Å². The molecule has 1 N–H and O–H groups in total. The molecule has 0 spiro atoms. The van der Waals surface area contributed by atoms with Gasteiger partial charge in [-0.3, -0.25) is 14.9 Å². The van der Waals surface area contributed by atoms with Crippen molar-refractivity contribution >= 4 is 11.6 Å². The van der Waals surface area contributed by atoms with Gasteiger partial charge in [0.05, 0.1) is 11.0 Å². The van der Waals surface area contributed by atoms with E-state index in [0.717, 1.165) is 19.4 Å². The second kappa shape index (κ2) is 7.76. The van der Waals surface area contributed by atoms with E-state index in [0.29, 0.717) is 23.6 Å². The van der Waals surface area contributed by atoms with Gasteiger partial charge in [0.1, 0.15) is 11.5 Å². The number of nitrogens with zero attached hydrogens (tertiary/aromatic N) is 1.